The first-order chi connectivity index (χ1) is 16.8. The molecule has 0 atom stereocenters. The number of anilines is 1. The summed E-state index contributed by atoms with van der Waals surface area (Å²) in [7, 11) is -4.01. The lowest BCUT2D eigenvalue weighted by Gasteiger charge is -2.12. The summed E-state index contributed by atoms with van der Waals surface area (Å²) < 4.78 is 53.8. The highest BCUT2D eigenvalue weighted by atomic mass is 32.2. The molecule has 1 aromatic carbocycles. The molecule has 35 heavy (non-hydrogen) atoms. The molecule has 0 fully saturated rings. The van der Waals surface area contributed by atoms with E-state index in [1.165, 1.54) is 41.2 Å². The number of halogens is 2. The van der Waals surface area contributed by atoms with E-state index < -0.39 is 21.7 Å². The molecular weight excluding hydrogens is 476 g/mol. The molecular formula is C23H17F2N7O2S. The van der Waals surface area contributed by atoms with Gasteiger partial charge in [-0.05, 0) is 30.3 Å². The van der Waals surface area contributed by atoms with Crippen molar-refractivity contribution in [2.24, 2.45) is 5.14 Å². The Labute approximate surface area is 198 Å². The van der Waals surface area contributed by atoms with E-state index in [0.29, 0.717) is 16.6 Å². The van der Waals surface area contributed by atoms with E-state index in [9.17, 15) is 17.2 Å². The summed E-state index contributed by atoms with van der Waals surface area (Å²) in [5.74, 6) is -0.559. The van der Waals surface area contributed by atoms with Crippen molar-refractivity contribution in [3.05, 3.63) is 90.6 Å². The zero-order valence-corrected chi connectivity index (χ0v) is 18.7. The molecule has 0 saturated heterocycles. The van der Waals surface area contributed by atoms with Crippen LogP contribution in [0.3, 0.4) is 0 Å². The van der Waals surface area contributed by atoms with Crippen molar-refractivity contribution in [1.82, 2.24) is 24.6 Å². The normalized spacial score (nSPS) is 11.6. The van der Waals surface area contributed by atoms with E-state index in [2.05, 4.69) is 25.4 Å². The number of benzene rings is 1. The summed E-state index contributed by atoms with van der Waals surface area (Å²) in [6.07, 6.45) is 5.59. The van der Waals surface area contributed by atoms with E-state index in [1.807, 2.05) is 0 Å². The monoisotopic (exact) mass is 493 g/mol. The van der Waals surface area contributed by atoms with Crippen LogP contribution in [0.15, 0.2) is 78.2 Å². The van der Waals surface area contributed by atoms with Gasteiger partial charge in [-0.3, -0.25) is 9.97 Å². The molecule has 12 heteroatoms. The minimum Gasteiger partial charge on any atom is -0.362 e. The maximum absolute atomic E-state index is 14.6. The van der Waals surface area contributed by atoms with Gasteiger partial charge >= 0.3 is 0 Å². The van der Waals surface area contributed by atoms with Crippen LogP contribution >= 0.6 is 0 Å². The molecule has 9 nitrogen and oxygen atoms in total. The van der Waals surface area contributed by atoms with Crippen LogP contribution in [0.5, 0.6) is 0 Å². The van der Waals surface area contributed by atoms with E-state index in [0.717, 1.165) is 6.20 Å². The third-order valence-corrected chi connectivity index (χ3v) is 6.11. The van der Waals surface area contributed by atoms with Gasteiger partial charge in [0.25, 0.3) is 0 Å². The first-order valence-corrected chi connectivity index (χ1v) is 11.8. The standard InChI is InChI=1S/C23H17F2N7O2S/c24-18-5-2-1-4-16(18)17-7-9-32-21(17)23(29-13-20-19(25)6-3-8-28-20)30-22(31-32)14-10-15(12-27-11-14)35(26,33)34/h1-12H,13H2,(H2,26,33,34)(H,29,30,31). The van der Waals surface area contributed by atoms with Crippen molar-refractivity contribution < 1.29 is 17.2 Å². The molecule has 0 aliphatic carbocycles. The van der Waals surface area contributed by atoms with Crippen molar-refractivity contribution in [2.45, 2.75) is 11.4 Å². The molecule has 5 rings (SSSR count). The number of rotatable bonds is 6. The Morgan fingerprint density at radius 3 is 2.57 bits per heavy atom. The number of fused-ring (bicyclic) bond motifs is 1. The molecule has 176 valence electrons. The first-order valence-electron chi connectivity index (χ1n) is 10.3. The lowest BCUT2D eigenvalue weighted by Crippen LogP contribution is -2.13. The molecule has 0 spiro atoms. The maximum atomic E-state index is 14.6. The SMILES string of the molecule is NS(=O)(=O)c1cncc(-c2nc(NCc3ncccc3F)c3c(-c4ccccc4F)ccn3n2)c1. The molecule has 0 aliphatic heterocycles. The van der Waals surface area contributed by atoms with Crippen LogP contribution in [0.25, 0.3) is 28.0 Å². The fourth-order valence-electron chi connectivity index (χ4n) is 3.58. The number of hydrogen-bond acceptors (Lipinski definition) is 7. The number of hydrogen-bond donors (Lipinski definition) is 2. The van der Waals surface area contributed by atoms with Crippen molar-refractivity contribution in [3.63, 3.8) is 0 Å². The van der Waals surface area contributed by atoms with Gasteiger partial charge in [-0.15, -0.1) is 5.10 Å². The largest absolute Gasteiger partial charge is 0.362 e. The number of nitrogens with zero attached hydrogens (tertiary/aromatic N) is 5. The predicted octanol–water partition coefficient (Wildman–Crippen LogP) is 3.39. The lowest BCUT2D eigenvalue weighted by molar-refractivity contribution is 0.597. The van der Waals surface area contributed by atoms with Crippen molar-refractivity contribution in [3.8, 4) is 22.5 Å². The van der Waals surface area contributed by atoms with Gasteiger partial charge in [0, 0.05) is 41.5 Å². The number of nitrogens with one attached hydrogen (secondary N) is 1. The van der Waals surface area contributed by atoms with Gasteiger partial charge in [-0.25, -0.2) is 31.8 Å². The highest BCUT2D eigenvalue weighted by Gasteiger charge is 2.19. The second-order valence-electron chi connectivity index (χ2n) is 7.53. The Hall–Kier alpha value is -4.29. The van der Waals surface area contributed by atoms with Gasteiger partial charge in [-0.2, -0.15) is 0 Å². The second-order valence-corrected chi connectivity index (χ2v) is 9.09. The molecule has 4 aromatic heterocycles. The minimum atomic E-state index is -4.01. The number of nitrogens with two attached hydrogens (primary N) is 1. The molecule has 5 aromatic rings. The van der Waals surface area contributed by atoms with Crippen molar-refractivity contribution in [1.29, 1.82) is 0 Å². The maximum Gasteiger partial charge on any atom is 0.239 e. The van der Waals surface area contributed by atoms with Gasteiger partial charge < -0.3 is 5.32 Å². The average Bonchev–Trinajstić information content (AvgIpc) is 3.27. The fraction of sp³-hybridized carbons (Fsp3) is 0.0435. The summed E-state index contributed by atoms with van der Waals surface area (Å²) in [6, 6.07) is 12.0. The summed E-state index contributed by atoms with van der Waals surface area (Å²) in [5, 5.41) is 12.7. The first kappa shape index (κ1) is 22.5. The summed E-state index contributed by atoms with van der Waals surface area (Å²) in [6.45, 7) is -0.0177. The highest BCUT2D eigenvalue weighted by molar-refractivity contribution is 7.89. The second kappa shape index (κ2) is 8.81. The summed E-state index contributed by atoms with van der Waals surface area (Å²) >= 11 is 0. The third kappa shape index (κ3) is 4.44. The van der Waals surface area contributed by atoms with Crippen molar-refractivity contribution >= 4 is 21.4 Å². The van der Waals surface area contributed by atoms with Gasteiger partial charge in [0.2, 0.25) is 10.0 Å². The van der Waals surface area contributed by atoms with Gasteiger partial charge in [0.05, 0.1) is 12.2 Å². The van der Waals surface area contributed by atoms with Crippen LogP contribution in [0.4, 0.5) is 14.6 Å². The molecule has 4 heterocycles. The average molecular weight is 493 g/mol. The Kier molecular flexibility index (Phi) is 5.67. The summed E-state index contributed by atoms with van der Waals surface area (Å²) in [5.41, 5.74) is 1.71. The Bertz CT molecular complexity index is 1670. The third-order valence-electron chi connectivity index (χ3n) is 5.23. The number of primary sulfonamides is 1. The van der Waals surface area contributed by atoms with Gasteiger partial charge in [-0.1, -0.05) is 18.2 Å². The quantitative estimate of drug-likeness (QED) is 0.371. The van der Waals surface area contributed by atoms with E-state index in [1.54, 1.807) is 30.5 Å². The van der Waals surface area contributed by atoms with Crippen LogP contribution in [0, 0.1) is 11.6 Å². The van der Waals surface area contributed by atoms with Gasteiger partial charge in [0.1, 0.15) is 22.0 Å². The Morgan fingerprint density at radius 2 is 1.80 bits per heavy atom. The van der Waals surface area contributed by atoms with E-state index in [-0.39, 0.29) is 34.3 Å². The van der Waals surface area contributed by atoms with Crippen LogP contribution in [0.1, 0.15) is 5.69 Å². The molecule has 0 amide bonds. The van der Waals surface area contributed by atoms with Gasteiger partial charge in [0.15, 0.2) is 11.6 Å². The van der Waals surface area contributed by atoms with Crippen LogP contribution in [-0.2, 0) is 16.6 Å². The van der Waals surface area contributed by atoms with Crippen LogP contribution in [-0.4, -0.2) is 33.0 Å². The molecule has 0 aliphatic rings. The predicted molar refractivity (Wildman–Crippen MR) is 125 cm³/mol. The Morgan fingerprint density at radius 1 is 1.00 bits per heavy atom. The zero-order valence-electron chi connectivity index (χ0n) is 17.9. The number of aromatic nitrogens is 5. The minimum absolute atomic E-state index is 0.0177. The van der Waals surface area contributed by atoms with E-state index >= 15 is 0 Å². The fourth-order valence-corrected chi connectivity index (χ4v) is 4.08. The molecule has 0 bridgehead atoms. The summed E-state index contributed by atoms with van der Waals surface area (Å²) in [4.78, 5) is 12.3. The molecule has 0 saturated carbocycles. The Balaban J connectivity index is 1.68. The molecule has 3 N–H and O–H groups in total. The molecule has 0 unspecified atom stereocenters. The van der Waals surface area contributed by atoms with Crippen molar-refractivity contribution in [2.75, 3.05) is 5.32 Å². The number of pyridine rings is 2. The van der Waals surface area contributed by atoms with Crippen LogP contribution < -0.4 is 10.5 Å². The number of sulfonamides is 1. The smallest absolute Gasteiger partial charge is 0.239 e. The molecule has 0 radical (unpaired) electrons. The zero-order chi connectivity index (χ0) is 24.6. The van der Waals surface area contributed by atoms with E-state index in [4.69, 9.17) is 5.14 Å². The topological polar surface area (TPSA) is 128 Å². The van der Waals surface area contributed by atoms with Crippen LogP contribution in [0.2, 0.25) is 0 Å². The lowest BCUT2D eigenvalue weighted by atomic mass is 10.1. The highest BCUT2D eigenvalue weighted by Crippen LogP contribution is 2.33.